The van der Waals surface area contributed by atoms with Gasteiger partial charge in [-0.1, -0.05) is 187 Å². The third-order valence-corrected chi connectivity index (χ3v) is 12.0. The lowest BCUT2D eigenvalue weighted by Gasteiger charge is -2.40. The first-order chi connectivity index (χ1) is 28.5. The zero-order chi connectivity index (χ0) is 43.5. The fraction of sp³-hybridized carbons (Fsp3) is 0.938. The van der Waals surface area contributed by atoms with Gasteiger partial charge in [-0.25, -0.2) is 0 Å². The van der Waals surface area contributed by atoms with Crippen LogP contribution in [0.4, 0.5) is 0 Å². The summed E-state index contributed by atoms with van der Waals surface area (Å²) in [7, 11) is 0. The lowest BCUT2D eigenvalue weighted by atomic mass is 9.98. The number of hydrogen-bond donors (Lipinski definition) is 8. The topological polar surface area (TPSA) is 189 Å². The maximum Gasteiger partial charge on any atom is 0.249 e. The molecule has 1 amide bonds. The maximum absolute atomic E-state index is 13.1. The molecule has 0 saturated carbocycles. The van der Waals surface area contributed by atoms with E-state index < -0.39 is 74.2 Å². The molecule has 59 heavy (non-hydrogen) atoms. The molecule has 0 unspecified atom stereocenters. The summed E-state index contributed by atoms with van der Waals surface area (Å²) < 4.78 is 11.1. The Hall–Kier alpha value is -1.15. The highest BCUT2D eigenvalue weighted by atomic mass is 16.7. The lowest BCUT2D eigenvalue weighted by molar-refractivity contribution is -0.303. The fourth-order valence-electron chi connectivity index (χ4n) is 7.91. The number of nitrogens with one attached hydrogen (secondary N) is 1. The molecule has 350 valence electrons. The van der Waals surface area contributed by atoms with Gasteiger partial charge in [0.1, 0.15) is 36.6 Å². The molecule has 0 aromatic heterocycles. The van der Waals surface area contributed by atoms with Crippen LogP contribution in [0.15, 0.2) is 12.2 Å². The van der Waals surface area contributed by atoms with Gasteiger partial charge in [0.2, 0.25) is 5.91 Å². The Morgan fingerprint density at radius 3 is 1.53 bits per heavy atom. The Morgan fingerprint density at radius 2 is 1.05 bits per heavy atom. The van der Waals surface area contributed by atoms with Crippen molar-refractivity contribution in [3.8, 4) is 0 Å². The molecule has 1 fully saturated rings. The molecule has 1 heterocycles. The van der Waals surface area contributed by atoms with Crippen molar-refractivity contribution in [3.05, 3.63) is 12.2 Å². The second-order valence-corrected chi connectivity index (χ2v) is 18.0. The molecule has 11 nitrogen and oxygen atoms in total. The number of aliphatic hydroxyl groups excluding tert-OH is 7. The summed E-state index contributed by atoms with van der Waals surface area (Å²) in [5.41, 5.74) is 0. The maximum atomic E-state index is 13.1. The Labute approximate surface area is 360 Å². The van der Waals surface area contributed by atoms with Crippen LogP contribution in [-0.4, -0.2) is 110 Å². The molecule has 0 aliphatic carbocycles. The quantitative estimate of drug-likeness (QED) is 0.0220. The molecule has 9 atom stereocenters. The number of ether oxygens (including phenoxy) is 2. The molecule has 0 aromatic carbocycles. The molecule has 0 radical (unpaired) electrons. The van der Waals surface area contributed by atoms with Gasteiger partial charge in [0, 0.05) is 0 Å². The summed E-state index contributed by atoms with van der Waals surface area (Å²) in [5.74, 6) is 0.0649. The van der Waals surface area contributed by atoms with Crippen LogP contribution >= 0.6 is 0 Å². The van der Waals surface area contributed by atoms with E-state index in [1.165, 1.54) is 128 Å². The molecule has 0 bridgehead atoms. The summed E-state index contributed by atoms with van der Waals surface area (Å²) in [6, 6.07) is -1.17. The highest BCUT2D eigenvalue weighted by molar-refractivity contribution is 5.80. The van der Waals surface area contributed by atoms with Crippen molar-refractivity contribution < 1.29 is 50.0 Å². The van der Waals surface area contributed by atoms with Crippen molar-refractivity contribution in [2.45, 2.75) is 268 Å². The molecule has 1 saturated heterocycles. The highest BCUT2D eigenvalue weighted by Gasteiger charge is 2.44. The normalized spacial score (nSPS) is 21.9. The van der Waals surface area contributed by atoms with Gasteiger partial charge < -0.3 is 50.5 Å². The van der Waals surface area contributed by atoms with Gasteiger partial charge in [0.25, 0.3) is 0 Å². The Balaban J connectivity index is 2.39. The zero-order valence-corrected chi connectivity index (χ0v) is 37.9. The predicted octanol–water partition coefficient (Wildman–Crippen LogP) is 8.31. The number of unbranched alkanes of at least 4 members (excludes halogenated alkanes) is 24. The summed E-state index contributed by atoms with van der Waals surface area (Å²) in [4.78, 5) is 13.1. The smallest absolute Gasteiger partial charge is 0.249 e. The van der Waals surface area contributed by atoms with Crippen LogP contribution < -0.4 is 5.32 Å². The average Bonchev–Trinajstić information content (AvgIpc) is 3.22. The van der Waals surface area contributed by atoms with E-state index >= 15 is 0 Å². The molecule has 0 spiro atoms. The number of hydrogen-bond acceptors (Lipinski definition) is 10. The van der Waals surface area contributed by atoms with Gasteiger partial charge in [-0.2, -0.15) is 0 Å². The van der Waals surface area contributed by atoms with Crippen LogP contribution in [0.2, 0.25) is 0 Å². The Kier molecular flexibility index (Phi) is 35.4. The molecule has 0 aromatic rings. The number of amides is 1. The van der Waals surface area contributed by atoms with E-state index in [4.69, 9.17) is 9.47 Å². The Morgan fingerprint density at radius 1 is 0.610 bits per heavy atom. The number of carbonyl (C=O) groups excluding carboxylic acids is 1. The molecule has 8 N–H and O–H groups in total. The summed E-state index contributed by atoms with van der Waals surface area (Å²) in [6.07, 6.45) is 27.0. The van der Waals surface area contributed by atoms with E-state index in [1.807, 2.05) is 0 Å². The standard InChI is InChI=1S/C48H93NO10/c1-4-5-6-7-8-9-10-11-12-13-14-15-16-17-18-19-22-26-29-32-35-41(52)47(57)49-39(37-58-48-46(56)45(55)44(54)42(36-50)59-48)43(53)40(51)34-31-28-25-23-20-21-24-27-30-33-38(2)3/h11-12,38-46,48,50-56H,4-10,13-37H2,1-3H3,(H,49,57)/b12-11-/t39-,40+,41+,42+,43-,44+,45-,46+,48+/m0/s1. The first-order valence-electron chi connectivity index (χ1n) is 24.4. The van der Waals surface area contributed by atoms with Crippen molar-refractivity contribution in [3.63, 3.8) is 0 Å². The first-order valence-corrected chi connectivity index (χ1v) is 24.4. The number of allylic oxidation sites excluding steroid dienone is 2. The number of rotatable bonds is 40. The molecule has 1 aliphatic heterocycles. The summed E-state index contributed by atoms with van der Waals surface area (Å²) in [5, 5.41) is 75.7. The van der Waals surface area contributed by atoms with Crippen molar-refractivity contribution in [2.75, 3.05) is 13.2 Å². The van der Waals surface area contributed by atoms with Crippen LogP contribution in [0, 0.1) is 5.92 Å². The zero-order valence-electron chi connectivity index (χ0n) is 37.9. The van der Waals surface area contributed by atoms with Crippen molar-refractivity contribution in [2.24, 2.45) is 5.92 Å². The van der Waals surface area contributed by atoms with Crippen molar-refractivity contribution >= 4 is 5.91 Å². The highest BCUT2D eigenvalue weighted by Crippen LogP contribution is 2.23. The largest absolute Gasteiger partial charge is 0.394 e. The van der Waals surface area contributed by atoms with Crippen molar-refractivity contribution in [1.29, 1.82) is 0 Å². The van der Waals surface area contributed by atoms with E-state index in [-0.39, 0.29) is 6.42 Å². The van der Waals surface area contributed by atoms with Gasteiger partial charge in [-0.3, -0.25) is 4.79 Å². The lowest BCUT2D eigenvalue weighted by Crippen LogP contribution is -2.60. The summed E-state index contributed by atoms with van der Waals surface area (Å²) >= 11 is 0. The molecular weight excluding hydrogens is 751 g/mol. The molecular formula is C48H93NO10. The summed E-state index contributed by atoms with van der Waals surface area (Å²) in [6.45, 7) is 5.73. The SMILES string of the molecule is CCCCCCCC/C=C\CCCCCCCCCCCC[C@@H](O)C(=O)N[C@@H](CO[C@@H]1O[C@H](CO)[C@@H](O)[C@H](O)[C@H]1O)[C@H](O)[C@H](O)CCCCCCCCCCCC(C)C. The minimum absolute atomic E-state index is 0.260. The molecule has 1 aliphatic rings. The third kappa shape index (κ3) is 28.2. The van der Waals surface area contributed by atoms with Crippen LogP contribution in [0.1, 0.15) is 213 Å². The van der Waals surface area contributed by atoms with Crippen LogP contribution in [0.5, 0.6) is 0 Å². The average molecular weight is 844 g/mol. The van der Waals surface area contributed by atoms with E-state index in [2.05, 4.69) is 38.2 Å². The van der Waals surface area contributed by atoms with E-state index in [9.17, 15) is 40.5 Å². The molecule has 1 rings (SSSR count). The van der Waals surface area contributed by atoms with E-state index in [1.54, 1.807) is 0 Å². The van der Waals surface area contributed by atoms with Gasteiger partial charge in [-0.15, -0.1) is 0 Å². The van der Waals surface area contributed by atoms with Crippen molar-refractivity contribution in [1.82, 2.24) is 5.32 Å². The second kappa shape index (κ2) is 37.4. The van der Waals surface area contributed by atoms with Gasteiger partial charge >= 0.3 is 0 Å². The van der Waals surface area contributed by atoms with Crippen LogP contribution in [0.25, 0.3) is 0 Å². The van der Waals surface area contributed by atoms with Gasteiger partial charge in [0.15, 0.2) is 6.29 Å². The Bertz CT molecular complexity index is 983. The second-order valence-electron chi connectivity index (χ2n) is 18.0. The van der Waals surface area contributed by atoms with E-state index in [0.29, 0.717) is 19.3 Å². The predicted molar refractivity (Wildman–Crippen MR) is 238 cm³/mol. The van der Waals surface area contributed by atoms with Gasteiger partial charge in [0.05, 0.1) is 25.4 Å². The van der Waals surface area contributed by atoms with Crippen LogP contribution in [0.3, 0.4) is 0 Å². The fourth-order valence-corrected chi connectivity index (χ4v) is 7.91. The number of carbonyl (C=O) groups is 1. The van der Waals surface area contributed by atoms with E-state index in [0.717, 1.165) is 44.4 Å². The van der Waals surface area contributed by atoms with Gasteiger partial charge in [-0.05, 0) is 44.4 Å². The monoisotopic (exact) mass is 844 g/mol. The minimum Gasteiger partial charge on any atom is -0.394 e. The first kappa shape index (κ1) is 55.9. The minimum atomic E-state index is -1.66. The molecule has 11 heteroatoms. The third-order valence-electron chi connectivity index (χ3n) is 12.0. The number of aliphatic hydroxyl groups is 7. The van der Waals surface area contributed by atoms with Crippen LogP contribution in [-0.2, 0) is 14.3 Å².